The minimum Gasteiger partial charge on any atom is -0.458 e. The monoisotopic (exact) mass is 585 g/mol. The van der Waals surface area contributed by atoms with Crippen LogP contribution in [0.15, 0.2) is 0 Å². The Hall–Kier alpha value is -0.970. The summed E-state index contributed by atoms with van der Waals surface area (Å²) < 4.78 is 59.1. The molecule has 13 heteroatoms. The summed E-state index contributed by atoms with van der Waals surface area (Å²) in [6.45, 7) is 15.8. The molecule has 40 heavy (non-hydrogen) atoms. The molecule has 0 saturated carbocycles. The van der Waals surface area contributed by atoms with Crippen LogP contribution in [0.1, 0.15) is 20.8 Å². The Morgan fingerprint density at radius 3 is 0.950 bits per heavy atom. The Kier molecular flexibility index (Phi) is 30.2. The number of rotatable bonds is 32. The van der Waals surface area contributed by atoms with Crippen LogP contribution in [0.2, 0.25) is 0 Å². The molecular formula is C27H55NO12. The number of hydrogen-bond acceptors (Lipinski definition) is 13. The molecule has 0 aromatic carbocycles. The summed E-state index contributed by atoms with van der Waals surface area (Å²) in [4.78, 5) is 11.5. The van der Waals surface area contributed by atoms with Gasteiger partial charge in [-0.1, -0.05) is 0 Å². The molecule has 0 unspecified atom stereocenters. The quantitative estimate of drug-likeness (QED) is 0.0879. The molecule has 0 heterocycles. The third-order valence-electron chi connectivity index (χ3n) is 4.48. The van der Waals surface area contributed by atoms with E-state index in [0.717, 1.165) is 6.54 Å². The van der Waals surface area contributed by atoms with Crippen LogP contribution >= 0.6 is 0 Å². The Morgan fingerprint density at radius 1 is 0.450 bits per heavy atom. The van der Waals surface area contributed by atoms with Gasteiger partial charge in [0.05, 0.1) is 126 Å². The van der Waals surface area contributed by atoms with Gasteiger partial charge in [0.2, 0.25) is 0 Å². The van der Waals surface area contributed by atoms with Crippen LogP contribution in [0.5, 0.6) is 0 Å². The number of carbonyl (C=O) groups excluding carboxylic acids is 1. The number of ether oxygens (including phenoxy) is 11. The van der Waals surface area contributed by atoms with Crippen LogP contribution < -0.4 is 5.32 Å². The number of likely N-dealkylation sites (N-methyl/N-ethyl adjacent to an activating group) is 1. The third-order valence-corrected chi connectivity index (χ3v) is 4.48. The zero-order valence-electron chi connectivity index (χ0n) is 25.2. The molecule has 1 N–H and O–H groups in total. The number of carbonyl (C=O) groups is 1. The van der Waals surface area contributed by atoms with Crippen molar-refractivity contribution in [2.24, 2.45) is 0 Å². The molecule has 0 saturated heterocycles. The number of esters is 1. The Morgan fingerprint density at radius 2 is 0.700 bits per heavy atom. The predicted octanol–water partition coefficient (Wildman–Crippen LogP) is 0.714. The molecule has 0 radical (unpaired) electrons. The fourth-order valence-corrected chi connectivity index (χ4v) is 2.68. The van der Waals surface area contributed by atoms with Crippen LogP contribution in [0, 0.1) is 0 Å². The molecule has 13 nitrogen and oxygen atoms in total. The van der Waals surface area contributed by atoms with Gasteiger partial charge >= 0.3 is 5.97 Å². The minimum atomic E-state index is -0.507. The van der Waals surface area contributed by atoms with E-state index < -0.39 is 5.60 Å². The lowest BCUT2D eigenvalue weighted by molar-refractivity contribution is -0.160. The van der Waals surface area contributed by atoms with Crippen molar-refractivity contribution in [2.45, 2.75) is 26.4 Å². The molecule has 0 aliphatic rings. The molecule has 0 fully saturated rings. The molecule has 0 atom stereocenters. The normalized spacial score (nSPS) is 11.8. The van der Waals surface area contributed by atoms with Crippen LogP contribution in [0.3, 0.4) is 0 Å². The fourth-order valence-electron chi connectivity index (χ4n) is 2.68. The maximum Gasteiger partial charge on any atom is 0.332 e. The fraction of sp³-hybridized carbons (Fsp3) is 0.963. The van der Waals surface area contributed by atoms with E-state index in [4.69, 9.17) is 52.1 Å². The summed E-state index contributed by atoms with van der Waals surface area (Å²) in [5.41, 5.74) is -0.507. The number of hydrogen-bond donors (Lipinski definition) is 1. The summed E-state index contributed by atoms with van der Waals surface area (Å²) in [5.74, 6) is -0.384. The van der Waals surface area contributed by atoms with E-state index in [1.165, 1.54) is 0 Å². The zero-order valence-corrected chi connectivity index (χ0v) is 25.2. The highest BCUT2D eigenvalue weighted by molar-refractivity contribution is 5.71. The lowest BCUT2D eigenvalue weighted by Gasteiger charge is -2.19. The van der Waals surface area contributed by atoms with Crippen molar-refractivity contribution in [1.82, 2.24) is 5.32 Å². The van der Waals surface area contributed by atoms with Crippen LogP contribution in [0.4, 0.5) is 0 Å². The second-order valence-electron chi connectivity index (χ2n) is 9.25. The van der Waals surface area contributed by atoms with E-state index in [2.05, 4.69) is 5.32 Å². The van der Waals surface area contributed by atoms with Gasteiger partial charge in [0.25, 0.3) is 0 Å². The van der Waals surface area contributed by atoms with Crippen molar-refractivity contribution >= 4 is 5.97 Å². The first-order valence-corrected chi connectivity index (χ1v) is 14.1. The SMILES string of the molecule is CNCCOCCOCCOCCOCCOCCOCCOCCOCCOCCOCC(=O)OC(C)(C)C. The van der Waals surface area contributed by atoms with Gasteiger partial charge in [-0.25, -0.2) is 4.79 Å². The van der Waals surface area contributed by atoms with E-state index in [0.29, 0.717) is 126 Å². The summed E-state index contributed by atoms with van der Waals surface area (Å²) in [6.07, 6.45) is 0. The molecule has 0 amide bonds. The van der Waals surface area contributed by atoms with Crippen molar-refractivity contribution in [1.29, 1.82) is 0 Å². The molecule has 240 valence electrons. The second kappa shape index (κ2) is 31.0. The predicted molar refractivity (Wildman–Crippen MR) is 148 cm³/mol. The second-order valence-corrected chi connectivity index (χ2v) is 9.25. The third kappa shape index (κ3) is 35.1. The molecular weight excluding hydrogens is 530 g/mol. The van der Waals surface area contributed by atoms with E-state index in [1.54, 1.807) is 0 Å². The average Bonchev–Trinajstić information content (AvgIpc) is 2.90. The largest absolute Gasteiger partial charge is 0.458 e. The number of nitrogens with one attached hydrogen (secondary N) is 1. The van der Waals surface area contributed by atoms with Gasteiger partial charge < -0.3 is 57.4 Å². The van der Waals surface area contributed by atoms with Gasteiger partial charge in [0, 0.05) is 6.54 Å². The summed E-state index contributed by atoms with van der Waals surface area (Å²) in [6, 6.07) is 0. The van der Waals surface area contributed by atoms with E-state index in [1.807, 2.05) is 27.8 Å². The Balaban J connectivity index is 3.09. The molecule has 0 spiro atoms. The first-order valence-electron chi connectivity index (χ1n) is 14.1. The maximum atomic E-state index is 11.5. The standard InChI is InChI=1S/C27H55NO12/c1-27(2,3)40-26(29)25-39-24-23-38-22-21-37-20-19-36-18-17-35-16-15-34-14-13-33-12-11-32-10-9-31-8-7-30-6-5-28-4/h28H,5-25H2,1-4H3. The van der Waals surface area contributed by atoms with Crippen LogP contribution in [0.25, 0.3) is 0 Å². The Labute approximate surface area is 240 Å². The summed E-state index contributed by atoms with van der Waals surface area (Å²) in [7, 11) is 1.89. The molecule has 0 aliphatic heterocycles. The highest BCUT2D eigenvalue weighted by Gasteiger charge is 2.15. The first kappa shape index (κ1) is 39.0. The van der Waals surface area contributed by atoms with Crippen molar-refractivity contribution in [3.05, 3.63) is 0 Å². The van der Waals surface area contributed by atoms with Crippen molar-refractivity contribution in [3.8, 4) is 0 Å². The zero-order chi connectivity index (χ0) is 29.4. The molecule has 0 aliphatic carbocycles. The van der Waals surface area contributed by atoms with Crippen molar-refractivity contribution in [3.63, 3.8) is 0 Å². The van der Waals surface area contributed by atoms with Crippen LogP contribution in [-0.4, -0.2) is 157 Å². The van der Waals surface area contributed by atoms with Gasteiger partial charge in [-0.05, 0) is 27.8 Å². The lowest BCUT2D eigenvalue weighted by atomic mass is 10.2. The topological polar surface area (TPSA) is 131 Å². The van der Waals surface area contributed by atoms with Crippen molar-refractivity contribution < 1.29 is 56.9 Å². The highest BCUT2D eigenvalue weighted by Crippen LogP contribution is 2.06. The van der Waals surface area contributed by atoms with Gasteiger partial charge in [-0.15, -0.1) is 0 Å². The van der Waals surface area contributed by atoms with E-state index in [9.17, 15) is 4.79 Å². The first-order chi connectivity index (χ1) is 19.5. The van der Waals surface area contributed by atoms with Crippen molar-refractivity contribution in [2.75, 3.05) is 146 Å². The molecule has 0 aromatic heterocycles. The maximum absolute atomic E-state index is 11.5. The van der Waals surface area contributed by atoms with Gasteiger partial charge in [-0.2, -0.15) is 0 Å². The average molecular weight is 586 g/mol. The highest BCUT2D eigenvalue weighted by atomic mass is 16.6. The molecule has 0 rings (SSSR count). The molecule has 0 bridgehead atoms. The van der Waals surface area contributed by atoms with Gasteiger partial charge in [0.15, 0.2) is 0 Å². The van der Waals surface area contributed by atoms with Gasteiger partial charge in [0.1, 0.15) is 12.2 Å². The van der Waals surface area contributed by atoms with Crippen LogP contribution in [-0.2, 0) is 56.9 Å². The van der Waals surface area contributed by atoms with E-state index >= 15 is 0 Å². The lowest BCUT2D eigenvalue weighted by Crippen LogP contribution is -2.27. The Bertz CT molecular complexity index is 522. The molecule has 0 aromatic rings. The summed E-state index contributed by atoms with van der Waals surface area (Å²) >= 11 is 0. The minimum absolute atomic E-state index is 0.0798. The smallest absolute Gasteiger partial charge is 0.332 e. The van der Waals surface area contributed by atoms with Gasteiger partial charge in [-0.3, -0.25) is 0 Å². The van der Waals surface area contributed by atoms with E-state index in [-0.39, 0.29) is 12.6 Å². The summed E-state index contributed by atoms with van der Waals surface area (Å²) in [5, 5.41) is 3.01.